The second-order valence-electron chi connectivity index (χ2n) is 7.92. The molecule has 0 spiro atoms. The quantitative estimate of drug-likeness (QED) is 0.672. The maximum atomic E-state index is 12.7. The Hall–Kier alpha value is -3.09. The number of amides is 1. The molecule has 4 rings (SSSR count). The average molecular weight is 409 g/mol. The normalized spacial score (nSPS) is 18.9. The number of carbonyl (C=O) groups is 1. The molecule has 1 amide bonds. The minimum Gasteiger partial charge on any atom is -0.497 e. The smallest absolute Gasteiger partial charge is 0.255 e. The van der Waals surface area contributed by atoms with Gasteiger partial charge >= 0.3 is 0 Å². The lowest BCUT2D eigenvalue weighted by molar-refractivity contribution is 0.0939. The summed E-state index contributed by atoms with van der Waals surface area (Å²) in [7, 11) is 3.15. The molecule has 30 heavy (non-hydrogen) atoms. The molecule has 2 aromatic heterocycles. The van der Waals surface area contributed by atoms with E-state index in [1.807, 2.05) is 23.7 Å². The van der Waals surface area contributed by atoms with Crippen LogP contribution in [0.4, 0.5) is 0 Å². The monoisotopic (exact) mass is 408 g/mol. The van der Waals surface area contributed by atoms with Crippen LogP contribution in [0, 0.1) is 12.8 Å². The third kappa shape index (κ3) is 4.10. The maximum Gasteiger partial charge on any atom is 0.255 e. The standard InChI is InChI=1S/C23H28N4O3/c1-15-12-22-24-11-10-20(27(22)26-15)17-6-4-16(5-7-17)14-25-23(28)19-13-18(29-2)8-9-21(19)30-3/h8-13,16-17H,4-7,14H2,1-3H3,(H,25,28). The van der Waals surface area contributed by atoms with Crippen LogP contribution >= 0.6 is 0 Å². The Morgan fingerprint density at radius 3 is 2.67 bits per heavy atom. The molecule has 0 saturated heterocycles. The van der Waals surface area contributed by atoms with Crippen molar-refractivity contribution in [2.75, 3.05) is 20.8 Å². The lowest BCUT2D eigenvalue weighted by atomic mass is 9.80. The van der Waals surface area contributed by atoms with Crippen LogP contribution in [0.25, 0.3) is 5.65 Å². The van der Waals surface area contributed by atoms with Crippen LogP contribution in [0.5, 0.6) is 11.5 Å². The third-order valence-electron chi connectivity index (χ3n) is 5.98. The van der Waals surface area contributed by atoms with E-state index in [1.54, 1.807) is 32.4 Å². The summed E-state index contributed by atoms with van der Waals surface area (Å²) in [5, 5.41) is 7.69. The maximum absolute atomic E-state index is 12.7. The summed E-state index contributed by atoms with van der Waals surface area (Å²) in [6.07, 6.45) is 6.19. The number of fused-ring (bicyclic) bond motifs is 1. The van der Waals surface area contributed by atoms with E-state index in [1.165, 1.54) is 5.69 Å². The van der Waals surface area contributed by atoms with Gasteiger partial charge in [0.15, 0.2) is 5.65 Å². The van der Waals surface area contributed by atoms with Crippen molar-refractivity contribution >= 4 is 11.6 Å². The van der Waals surface area contributed by atoms with Gasteiger partial charge in [-0.25, -0.2) is 9.50 Å². The van der Waals surface area contributed by atoms with Crippen LogP contribution < -0.4 is 14.8 Å². The van der Waals surface area contributed by atoms with Gasteiger partial charge < -0.3 is 14.8 Å². The number of benzene rings is 1. The molecule has 0 atom stereocenters. The molecule has 2 heterocycles. The number of methoxy groups -OCH3 is 2. The minimum absolute atomic E-state index is 0.129. The number of hydrogen-bond donors (Lipinski definition) is 1. The molecule has 1 saturated carbocycles. The van der Waals surface area contributed by atoms with Crippen molar-refractivity contribution in [1.82, 2.24) is 19.9 Å². The predicted molar refractivity (Wildman–Crippen MR) is 114 cm³/mol. The van der Waals surface area contributed by atoms with Gasteiger partial charge in [0.05, 0.1) is 25.5 Å². The Balaban J connectivity index is 1.36. The molecular formula is C23H28N4O3. The molecule has 0 radical (unpaired) electrons. The number of aromatic nitrogens is 3. The number of nitrogens with zero attached hydrogens (tertiary/aromatic N) is 3. The molecule has 7 heteroatoms. The molecule has 158 valence electrons. The largest absolute Gasteiger partial charge is 0.497 e. The molecule has 1 fully saturated rings. The van der Waals surface area contributed by atoms with Crippen LogP contribution in [0.1, 0.15) is 53.3 Å². The second kappa shape index (κ2) is 8.73. The average Bonchev–Trinajstić information content (AvgIpc) is 3.17. The number of rotatable bonds is 6. The fraction of sp³-hybridized carbons (Fsp3) is 0.435. The molecule has 1 aliphatic carbocycles. The van der Waals surface area contributed by atoms with Gasteiger partial charge in [-0.1, -0.05) is 0 Å². The van der Waals surface area contributed by atoms with Crippen LogP contribution in [0.2, 0.25) is 0 Å². The molecule has 3 aromatic rings. The SMILES string of the molecule is COc1ccc(OC)c(C(=O)NCC2CCC(c3ccnc4cc(C)nn34)CC2)c1. The summed E-state index contributed by atoms with van der Waals surface area (Å²) in [4.78, 5) is 17.1. The van der Waals surface area contributed by atoms with Gasteiger partial charge in [-0.15, -0.1) is 0 Å². The van der Waals surface area contributed by atoms with Gasteiger partial charge in [0.2, 0.25) is 0 Å². The van der Waals surface area contributed by atoms with E-state index in [0.717, 1.165) is 37.0 Å². The Labute approximate surface area is 176 Å². The van der Waals surface area contributed by atoms with Crippen molar-refractivity contribution in [3.8, 4) is 11.5 Å². The number of hydrogen-bond acceptors (Lipinski definition) is 5. The Morgan fingerprint density at radius 1 is 1.13 bits per heavy atom. The zero-order chi connectivity index (χ0) is 21.1. The van der Waals surface area contributed by atoms with Gasteiger partial charge in [-0.3, -0.25) is 4.79 Å². The lowest BCUT2D eigenvalue weighted by Gasteiger charge is -2.29. The highest BCUT2D eigenvalue weighted by Gasteiger charge is 2.25. The molecule has 0 bridgehead atoms. The Kier molecular flexibility index (Phi) is 5.88. The molecular weight excluding hydrogens is 380 g/mol. The minimum atomic E-state index is -0.129. The van der Waals surface area contributed by atoms with E-state index in [2.05, 4.69) is 21.5 Å². The van der Waals surface area contributed by atoms with Crippen molar-refractivity contribution in [1.29, 1.82) is 0 Å². The molecule has 7 nitrogen and oxygen atoms in total. The second-order valence-corrected chi connectivity index (χ2v) is 7.92. The topological polar surface area (TPSA) is 77.8 Å². The highest BCUT2D eigenvalue weighted by atomic mass is 16.5. The first-order valence-electron chi connectivity index (χ1n) is 10.4. The predicted octanol–water partition coefficient (Wildman–Crippen LogP) is 3.76. The number of aryl methyl sites for hydroxylation is 1. The summed E-state index contributed by atoms with van der Waals surface area (Å²) in [5.41, 5.74) is 3.63. The molecule has 0 unspecified atom stereocenters. The summed E-state index contributed by atoms with van der Waals surface area (Å²) in [6.45, 7) is 2.66. The lowest BCUT2D eigenvalue weighted by Crippen LogP contribution is -2.31. The van der Waals surface area contributed by atoms with Crippen molar-refractivity contribution in [2.24, 2.45) is 5.92 Å². The summed E-state index contributed by atoms with van der Waals surface area (Å²) in [6, 6.07) is 9.35. The summed E-state index contributed by atoms with van der Waals surface area (Å²) in [5.74, 6) is 2.00. The van der Waals surface area contributed by atoms with Crippen LogP contribution in [-0.2, 0) is 0 Å². The Morgan fingerprint density at radius 2 is 1.93 bits per heavy atom. The molecule has 0 aliphatic heterocycles. The molecule has 1 aromatic carbocycles. The van der Waals surface area contributed by atoms with Gasteiger partial charge in [-0.05, 0) is 62.8 Å². The summed E-state index contributed by atoms with van der Waals surface area (Å²) >= 11 is 0. The van der Waals surface area contributed by atoms with Gasteiger partial charge in [0.25, 0.3) is 5.91 Å². The van der Waals surface area contributed by atoms with Crippen molar-refractivity contribution in [3.63, 3.8) is 0 Å². The zero-order valence-corrected chi connectivity index (χ0v) is 17.7. The van der Waals surface area contributed by atoms with E-state index >= 15 is 0 Å². The highest BCUT2D eigenvalue weighted by molar-refractivity contribution is 5.97. The van der Waals surface area contributed by atoms with Crippen LogP contribution in [-0.4, -0.2) is 41.3 Å². The van der Waals surface area contributed by atoms with E-state index < -0.39 is 0 Å². The first-order chi connectivity index (χ1) is 14.6. The third-order valence-corrected chi connectivity index (χ3v) is 5.98. The zero-order valence-electron chi connectivity index (χ0n) is 17.7. The summed E-state index contributed by atoms with van der Waals surface area (Å²) < 4.78 is 12.5. The number of ether oxygens (including phenoxy) is 2. The number of nitrogens with one attached hydrogen (secondary N) is 1. The number of carbonyl (C=O) groups excluding carboxylic acids is 1. The molecule has 1 N–H and O–H groups in total. The van der Waals surface area contributed by atoms with Crippen LogP contribution in [0.15, 0.2) is 36.5 Å². The molecule has 1 aliphatic rings. The van der Waals surface area contributed by atoms with E-state index in [-0.39, 0.29) is 5.91 Å². The van der Waals surface area contributed by atoms with Gasteiger partial charge in [0.1, 0.15) is 11.5 Å². The van der Waals surface area contributed by atoms with Crippen LogP contribution in [0.3, 0.4) is 0 Å². The highest BCUT2D eigenvalue weighted by Crippen LogP contribution is 2.35. The van der Waals surface area contributed by atoms with Crippen molar-refractivity contribution in [3.05, 3.63) is 53.5 Å². The van der Waals surface area contributed by atoms with Crippen molar-refractivity contribution in [2.45, 2.75) is 38.5 Å². The van der Waals surface area contributed by atoms with E-state index in [0.29, 0.717) is 35.4 Å². The van der Waals surface area contributed by atoms with Gasteiger partial charge in [-0.2, -0.15) is 5.10 Å². The first kappa shape index (κ1) is 20.2. The van der Waals surface area contributed by atoms with Gasteiger partial charge in [0, 0.05) is 30.4 Å². The fourth-order valence-electron chi connectivity index (χ4n) is 4.32. The van der Waals surface area contributed by atoms with E-state index in [4.69, 9.17) is 9.47 Å². The first-order valence-corrected chi connectivity index (χ1v) is 10.4. The van der Waals surface area contributed by atoms with E-state index in [9.17, 15) is 4.79 Å². The fourth-order valence-corrected chi connectivity index (χ4v) is 4.32. The Bertz CT molecular complexity index is 1040. The van der Waals surface area contributed by atoms with Crippen molar-refractivity contribution < 1.29 is 14.3 Å².